The van der Waals surface area contributed by atoms with E-state index in [9.17, 15) is 0 Å². The first-order chi connectivity index (χ1) is 26.8. The molecule has 0 N–H and O–H groups in total. The normalized spacial score (nSPS) is 11.3. The van der Waals surface area contributed by atoms with Gasteiger partial charge in [-0.3, -0.25) is 0 Å². The summed E-state index contributed by atoms with van der Waals surface area (Å²) in [7, 11) is 0. The quantitative estimate of drug-likeness (QED) is 0.162. The van der Waals surface area contributed by atoms with Gasteiger partial charge in [0.2, 0.25) is 0 Å². The van der Waals surface area contributed by atoms with Crippen molar-refractivity contribution >= 4 is 49.6 Å². The van der Waals surface area contributed by atoms with E-state index < -0.39 is 0 Å². The summed E-state index contributed by atoms with van der Waals surface area (Å²) in [5.74, 6) is 0. The van der Waals surface area contributed by atoms with Gasteiger partial charge in [-0.2, -0.15) is 0 Å². The van der Waals surface area contributed by atoms with Crippen LogP contribution in [-0.4, -0.2) is 4.57 Å². The van der Waals surface area contributed by atoms with Crippen molar-refractivity contribution in [1.29, 1.82) is 0 Å². The molecule has 0 atom stereocenters. The van der Waals surface area contributed by atoms with E-state index in [0.29, 0.717) is 0 Å². The van der Waals surface area contributed by atoms with E-state index in [1.807, 2.05) is 0 Å². The van der Waals surface area contributed by atoms with Crippen molar-refractivity contribution < 1.29 is 0 Å². The summed E-state index contributed by atoms with van der Waals surface area (Å²) >= 11 is 0. The van der Waals surface area contributed by atoms with E-state index in [2.05, 4.69) is 228 Å². The second-order valence-corrected chi connectivity index (χ2v) is 13.7. The zero-order valence-corrected chi connectivity index (χ0v) is 29.7. The molecule has 0 saturated heterocycles. The van der Waals surface area contributed by atoms with E-state index in [1.165, 1.54) is 66.0 Å². The zero-order valence-electron chi connectivity index (χ0n) is 29.7. The minimum absolute atomic E-state index is 1.08. The van der Waals surface area contributed by atoms with Gasteiger partial charge < -0.3 is 9.47 Å². The molecule has 10 aromatic rings. The summed E-state index contributed by atoms with van der Waals surface area (Å²) < 4.78 is 2.42. The molecule has 0 bridgehead atoms. The van der Waals surface area contributed by atoms with E-state index in [0.717, 1.165) is 22.7 Å². The second kappa shape index (κ2) is 13.4. The average molecular weight is 689 g/mol. The van der Waals surface area contributed by atoms with Crippen molar-refractivity contribution in [3.63, 3.8) is 0 Å². The molecule has 2 heteroatoms. The third-order valence-corrected chi connectivity index (χ3v) is 10.6. The summed E-state index contributed by atoms with van der Waals surface area (Å²) in [6, 6.07) is 78.9. The predicted molar refractivity (Wildman–Crippen MR) is 229 cm³/mol. The maximum atomic E-state index is 2.42. The number of hydrogen-bond acceptors (Lipinski definition) is 1. The molecule has 10 rings (SSSR count). The first-order valence-electron chi connectivity index (χ1n) is 18.5. The van der Waals surface area contributed by atoms with Crippen LogP contribution in [0.3, 0.4) is 0 Å². The number of hydrogen-bond donors (Lipinski definition) is 0. The monoisotopic (exact) mass is 688 g/mol. The number of fused-ring (bicyclic) bond motifs is 4. The molecule has 0 aliphatic rings. The summed E-state index contributed by atoms with van der Waals surface area (Å²) in [4.78, 5) is 2.41. The molecule has 0 radical (unpaired) electrons. The molecule has 0 amide bonds. The molecule has 0 fully saturated rings. The molecule has 9 aromatic carbocycles. The zero-order chi connectivity index (χ0) is 35.8. The smallest absolute Gasteiger partial charge is 0.0702 e. The van der Waals surface area contributed by atoms with Gasteiger partial charge in [0.1, 0.15) is 0 Å². The molecule has 1 heterocycles. The highest BCUT2D eigenvalue weighted by atomic mass is 15.2. The molecule has 54 heavy (non-hydrogen) atoms. The van der Waals surface area contributed by atoms with Gasteiger partial charge in [-0.15, -0.1) is 0 Å². The molecule has 0 aliphatic heterocycles. The lowest BCUT2D eigenvalue weighted by Crippen LogP contribution is -2.13. The number of benzene rings is 9. The van der Waals surface area contributed by atoms with Crippen molar-refractivity contribution in [2.45, 2.75) is 0 Å². The Hall–Kier alpha value is -7.16. The number of nitrogens with zero attached hydrogens (tertiary/aromatic N) is 2. The fourth-order valence-electron chi connectivity index (χ4n) is 8.14. The molecular weight excluding hydrogens is 653 g/mol. The minimum Gasteiger partial charge on any atom is -0.308 e. The first-order valence-corrected chi connectivity index (χ1v) is 18.5. The van der Waals surface area contributed by atoms with Gasteiger partial charge in [0, 0.05) is 22.1 Å². The van der Waals surface area contributed by atoms with Gasteiger partial charge in [0.25, 0.3) is 0 Å². The SMILES string of the molecule is c1ccc(-c2cccc(N(c3ccc(-c4cccc5cccc(-c6ccccc6)c45)cc3)c3ccccc3-n3c4ccccc4c4ccccc43)c2)cc1. The van der Waals surface area contributed by atoms with E-state index in [4.69, 9.17) is 0 Å². The molecule has 0 saturated carbocycles. The van der Waals surface area contributed by atoms with Crippen LogP contribution in [0.2, 0.25) is 0 Å². The molecule has 0 spiro atoms. The Kier molecular flexibility index (Phi) is 7.85. The lowest BCUT2D eigenvalue weighted by Gasteiger charge is -2.29. The van der Waals surface area contributed by atoms with Crippen LogP contribution in [0.1, 0.15) is 0 Å². The average Bonchev–Trinajstić information content (AvgIpc) is 3.59. The maximum absolute atomic E-state index is 2.42. The second-order valence-electron chi connectivity index (χ2n) is 13.7. The van der Waals surface area contributed by atoms with Crippen LogP contribution in [-0.2, 0) is 0 Å². The summed E-state index contributed by atoms with van der Waals surface area (Å²) in [5, 5.41) is 4.99. The minimum atomic E-state index is 1.08. The van der Waals surface area contributed by atoms with Crippen molar-refractivity contribution in [2.24, 2.45) is 0 Å². The molecule has 1 aromatic heterocycles. The standard InChI is InChI=1S/C52H36N2/c1-3-16-37(17-4-1)41-22-13-23-43(36-41)53(50-30-11-12-31-51(50)54-48-28-9-7-24-46(48)47-25-8-10-29-49(47)54)42-34-32-39(33-35-42)45-27-15-21-40-20-14-26-44(52(40)45)38-18-5-2-6-19-38/h1-36H. The summed E-state index contributed by atoms with van der Waals surface area (Å²) in [6.45, 7) is 0. The topological polar surface area (TPSA) is 8.17 Å². The summed E-state index contributed by atoms with van der Waals surface area (Å²) in [6.07, 6.45) is 0. The van der Waals surface area contributed by atoms with Crippen LogP contribution in [0.25, 0.3) is 71.6 Å². The maximum Gasteiger partial charge on any atom is 0.0702 e. The summed E-state index contributed by atoms with van der Waals surface area (Å²) in [5.41, 5.74) is 14.0. The van der Waals surface area contributed by atoms with Crippen LogP contribution in [0.15, 0.2) is 218 Å². The van der Waals surface area contributed by atoms with E-state index in [1.54, 1.807) is 0 Å². The Morgan fingerprint density at radius 3 is 1.52 bits per heavy atom. The van der Waals surface area contributed by atoms with Crippen molar-refractivity contribution in [3.8, 4) is 39.1 Å². The van der Waals surface area contributed by atoms with Crippen molar-refractivity contribution in [1.82, 2.24) is 4.57 Å². The van der Waals surface area contributed by atoms with Gasteiger partial charge >= 0.3 is 0 Å². The lowest BCUT2D eigenvalue weighted by molar-refractivity contribution is 1.15. The number of aromatic nitrogens is 1. The van der Waals surface area contributed by atoms with Gasteiger partial charge in [0.15, 0.2) is 0 Å². The van der Waals surface area contributed by atoms with E-state index >= 15 is 0 Å². The van der Waals surface area contributed by atoms with Gasteiger partial charge in [-0.05, 0) is 92.7 Å². The highest BCUT2D eigenvalue weighted by molar-refractivity contribution is 6.10. The Labute approximate surface area is 315 Å². The Morgan fingerprint density at radius 2 is 0.852 bits per heavy atom. The fourth-order valence-corrected chi connectivity index (χ4v) is 8.14. The molecular formula is C52H36N2. The van der Waals surface area contributed by atoms with Crippen LogP contribution < -0.4 is 4.90 Å². The molecule has 0 unspecified atom stereocenters. The Morgan fingerprint density at radius 1 is 0.333 bits per heavy atom. The van der Waals surface area contributed by atoms with Gasteiger partial charge in [0.05, 0.1) is 22.4 Å². The number of rotatable bonds is 7. The van der Waals surface area contributed by atoms with Gasteiger partial charge in [-0.25, -0.2) is 0 Å². The third-order valence-electron chi connectivity index (χ3n) is 10.6. The first kappa shape index (κ1) is 31.6. The molecule has 2 nitrogen and oxygen atoms in total. The Balaban J connectivity index is 1.17. The predicted octanol–water partition coefficient (Wildman–Crippen LogP) is 14.4. The van der Waals surface area contributed by atoms with Crippen molar-refractivity contribution in [2.75, 3.05) is 4.90 Å². The fraction of sp³-hybridized carbons (Fsp3) is 0. The van der Waals surface area contributed by atoms with Crippen molar-refractivity contribution in [3.05, 3.63) is 218 Å². The highest BCUT2D eigenvalue weighted by Crippen LogP contribution is 2.44. The van der Waals surface area contributed by atoms with Crippen LogP contribution in [0, 0.1) is 0 Å². The largest absolute Gasteiger partial charge is 0.308 e. The van der Waals surface area contributed by atoms with Gasteiger partial charge in [-0.1, -0.05) is 170 Å². The Bertz CT molecular complexity index is 2860. The number of para-hydroxylation sites is 4. The van der Waals surface area contributed by atoms with Crippen LogP contribution in [0.5, 0.6) is 0 Å². The lowest BCUT2D eigenvalue weighted by atomic mass is 9.91. The molecule has 0 aliphatic carbocycles. The van der Waals surface area contributed by atoms with Crippen LogP contribution >= 0.6 is 0 Å². The number of anilines is 3. The molecule has 254 valence electrons. The van der Waals surface area contributed by atoms with E-state index in [-0.39, 0.29) is 0 Å². The third kappa shape index (κ3) is 5.44. The highest BCUT2D eigenvalue weighted by Gasteiger charge is 2.21. The van der Waals surface area contributed by atoms with Crippen LogP contribution in [0.4, 0.5) is 17.1 Å².